The minimum absolute atomic E-state index is 0.0336. The zero-order valence-electron chi connectivity index (χ0n) is 14.6. The zero-order chi connectivity index (χ0) is 18.8. The first-order chi connectivity index (χ1) is 12.3. The summed E-state index contributed by atoms with van der Waals surface area (Å²) in [6, 6.07) is 4.78. The van der Waals surface area contributed by atoms with E-state index in [0.29, 0.717) is 41.2 Å². The summed E-state index contributed by atoms with van der Waals surface area (Å²) in [4.78, 5) is 15.5. The molecule has 0 radical (unpaired) electrons. The smallest absolute Gasteiger partial charge is 0.294 e. The molecule has 8 nitrogen and oxygen atoms in total. The van der Waals surface area contributed by atoms with E-state index in [1.165, 1.54) is 6.07 Å². The van der Waals surface area contributed by atoms with Crippen LogP contribution in [0.1, 0.15) is 25.7 Å². The molecular weight excluding hydrogens is 378 g/mol. The number of nitro benzene ring substituents is 1. The molecule has 2 heterocycles. The predicted molar refractivity (Wildman–Crippen MR) is 101 cm³/mol. The van der Waals surface area contributed by atoms with Crippen LogP contribution in [0.5, 0.6) is 0 Å². The zero-order valence-corrected chi connectivity index (χ0v) is 16.2. The maximum atomic E-state index is 11.3. The summed E-state index contributed by atoms with van der Waals surface area (Å²) in [6.07, 6.45) is 0. The number of nitro groups is 1. The highest BCUT2D eigenvalue weighted by molar-refractivity contribution is 7.71. The highest BCUT2D eigenvalue weighted by atomic mass is 35.5. The number of aromatic nitrogens is 2. The number of benzene rings is 1. The van der Waals surface area contributed by atoms with Crippen molar-refractivity contribution in [3.63, 3.8) is 0 Å². The summed E-state index contributed by atoms with van der Waals surface area (Å²) in [5, 5.41) is 16.1. The lowest BCUT2D eigenvalue weighted by molar-refractivity contribution is -0.384. The van der Waals surface area contributed by atoms with Gasteiger partial charge in [-0.25, -0.2) is 4.68 Å². The molecule has 1 fully saturated rings. The van der Waals surface area contributed by atoms with E-state index >= 15 is 0 Å². The van der Waals surface area contributed by atoms with Gasteiger partial charge in [0.15, 0.2) is 0 Å². The van der Waals surface area contributed by atoms with Gasteiger partial charge in [0.05, 0.1) is 11.6 Å². The third-order valence-corrected chi connectivity index (χ3v) is 4.83. The first-order valence-electron chi connectivity index (χ1n) is 8.34. The van der Waals surface area contributed by atoms with Crippen molar-refractivity contribution >= 4 is 35.2 Å². The maximum absolute atomic E-state index is 11.3. The van der Waals surface area contributed by atoms with Crippen LogP contribution < -0.4 is 4.90 Å². The molecule has 0 aliphatic carbocycles. The Kier molecular flexibility index (Phi) is 5.59. The van der Waals surface area contributed by atoms with Gasteiger partial charge in [-0.05, 0) is 24.4 Å². The molecule has 140 valence electrons. The van der Waals surface area contributed by atoms with Crippen molar-refractivity contribution in [1.29, 1.82) is 0 Å². The summed E-state index contributed by atoms with van der Waals surface area (Å²) < 4.78 is 7.19. The minimum Gasteiger partial charge on any atom is -0.414 e. The summed E-state index contributed by atoms with van der Waals surface area (Å²) in [6.45, 7) is 7.38. The topological polar surface area (TPSA) is 80.6 Å². The molecule has 1 aliphatic rings. The first kappa shape index (κ1) is 18.8. The molecule has 0 amide bonds. The van der Waals surface area contributed by atoms with Gasteiger partial charge >= 0.3 is 0 Å². The van der Waals surface area contributed by atoms with Crippen LogP contribution in [0.4, 0.5) is 11.4 Å². The first-order valence-corrected chi connectivity index (χ1v) is 9.13. The van der Waals surface area contributed by atoms with E-state index in [9.17, 15) is 10.1 Å². The van der Waals surface area contributed by atoms with Crippen LogP contribution in [0.15, 0.2) is 22.6 Å². The van der Waals surface area contributed by atoms with Crippen LogP contribution in [-0.2, 0) is 6.67 Å². The Labute approximate surface area is 161 Å². The largest absolute Gasteiger partial charge is 0.414 e. The second kappa shape index (κ2) is 7.73. The lowest BCUT2D eigenvalue weighted by Gasteiger charge is -2.35. The molecule has 1 aromatic carbocycles. The van der Waals surface area contributed by atoms with Crippen molar-refractivity contribution in [2.45, 2.75) is 26.4 Å². The number of piperazine rings is 1. The van der Waals surface area contributed by atoms with Crippen LogP contribution in [0.3, 0.4) is 0 Å². The van der Waals surface area contributed by atoms with E-state index in [1.807, 2.05) is 18.7 Å². The lowest BCUT2D eigenvalue weighted by atomic mass is 10.2. The quantitative estimate of drug-likeness (QED) is 0.432. The number of rotatable bonds is 5. The molecule has 1 saturated heterocycles. The summed E-state index contributed by atoms with van der Waals surface area (Å²) >= 11 is 11.1. The number of nitrogens with zero attached hydrogens (tertiary/aromatic N) is 5. The van der Waals surface area contributed by atoms with E-state index in [2.05, 4.69) is 10.00 Å². The summed E-state index contributed by atoms with van der Waals surface area (Å²) in [5.74, 6) is 0.811. The third kappa shape index (κ3) is 4.05. The maximum Gasteiger partial charge on any atom is 0.294 e. The standard InChI is InChI=1S/C16H20ClN5O3S/c1-11(2)15-18-21(16(26)25-15)10-19-5-7-20(8-6-19)13-4-3-12(17)9-14(13)22(23)24/h3-4,9,11H,5-8,10H2,1-2H3. The van der Waals surface area contributed by atoms with Gasteiger partial charge in [0, 0.05) is 43.2 Å². The summed E-state index contributed by atoms with van der Waals surface area (Å²) in [7, 11) is 0. The van der Waals surface area contributed by atoms with Crippen molar-refractivity contribution in [3.8, 4) is 0 Å². The molecule has 1 aromatic heterocycles. The Morgan fingerprint density at radius 3 is 2.62 bits per heavy atom. The van der Waals surface area contributed by atoms with E-state index in [-0.39, 0.29) is 11.6 Å². The molecule has 1 aliphatic heterocycles. The number of anilines is 1. The van der Waals surface area contributed by atoms with Crippen molar-refractivity contribution in [1.82, 2.24) is 14.7 Å². The Morgan fingerprint density at radius 2 is 2.04 bits per heavy atom. The predicted octanol–water partition coefficient (Wildman–Crippen LogP) is 3.67. The van der Waals surface area contributed by atoms with Crippen LogP contribution in [0, 0.1) is 15.0 Å². The molecule has 2 aromatic rings. The van der Waals surface area contributed by atoms with Crippen molar-refractivity contribution in [2.75, 3.05) is 31.1 Å². The lowest BCUT2D eigenvalue weighted by Crippen LogP contribution is -2.47. The second-order valence-electron chi connectivity index (χ2n) is 6.50. The van der Waals surface area contributed by atoms with Gasteiger partial charge in [-0.15, -0.1) is 5.10 Å². The molecule has 0 bridgehead atoms. The van der Waals surface area contributed by atoms with Crippen LogP contribution in [0.25, 0.3) is 0 Å². The Hall–Kier alpha value is -1.97. The fraction of sp³-hybridized carbons (Fsp3) is 0.500. The Balaban J connectivity index is 1.67. The average Bonchev–Trinajstić information content (AvgIpc) is 2.97. The molecule has 26 heavy (non-hydrogen) atoms. The minimum atomic E-state index is -0.393. The fourth-order valence-electron chi connectivity index (χ4n) is 2.87. The number of hydrogen-bond donors (Lipinski definition) is 0. The van der Waals surface area contributed by atoms with E-state index in [0.717, 1.165) is 13.1 Å². The molecular formula is C16H20ClN5O3S. The number of halogens is 1. The van der Waals surface area contributed by atoms with E-state index in [1.54, 1.807) is 16.8 Å². The van der Waals surface area contributed by atoms with Gasteiger partial charge in [0.2, 0.25) is 5.89 Å². The van der Waals surface area contributed by atoms with Gasteiger partial charge in [-0.1, -0.05) is 25.4 Å². The van der Waals surface area contributed by atoms with Gasteiger partial charge in [0.25, 0.3) is 10.5 Å². The highest BCUT2D eigenvalue weighted by Crippen LogP contribution is 2.31. The SMILES string of the molecule is CC(C)c1nn(CN2CCN(c3ccc(Cl)cc3[N+](=O)[O-])CC2)c(=S)o1. The van der Waals surface area contributed by atoms with E-state index < -0.39 is 4.92 Å². The third-order valence-electron chi connectivity index (χ3n) is 4.30. The van der Waals surface area contributed by atoms with Crippen molar-refractivity contribution in [3.05, 3.63) is 44.1 Å². The van der Waals surface area contributed by atoms with Crippen LogP contribution in [0.2, 0.25) is 5.02 Å². The van der Waals surface area contributed by atoms with Gasteiger partial charge in [-0.2, -0.15) is 0 Å². The van der Waals surface area contributed by atoms with Crippen molar-refractivity contribution in [2.24, 2.45) is 0 Å². The van der Waals surface area contributed by atoms with Gasteiger partial charge < -0.3 is 9.32 Å². The van der Waals surface area contributed by atoms with Gasteiger partial charge in [0.1, 0.15) is 5.69 Å². The van der Waals surface area contributed by atoms with Gasteiger partial charge in [-0.3, -0.25) is 15.0 Å². The van der Waals surface area contributed by atoms with E-state index in [4.69, 9.17) is 28.2 Å². The average molecular weight is 398 g/mol. The Bertz CT molecular complexity index is 858. The monoisotopic (exact) mass is 397 g/mol. The fourth-order valence-corrected chi connectivity index (χ4v) is 3.23. The van der Waals surface area contributed by atoms with Crippen LogP contribution >= 0.6 is 23.8 Å². The molecule has 3 rings (SSSR count). The Morgan fingerprint density at radius 1 is 1.35 bits per heavy atom. The molecule has 0 N–H and O–H groups in total. The molecule has 0 spiro atoms. The number of hydrogen-bond acceptors (Lipinski definition) is 7. The highest BCUT2D eigenvalue weighted by Gasteiger charge is 2.24. The molecule has 0 saturated carbocycles. The molecule has 0 atom stereocenters. The second-order valence-corrected chi connectivity index (χ2v) is 7.28. The molecule has 0 unspecified atom stereocenters. The molecule has 10 heteroatoms. The normalized spacial score (nSPS) is 15.6. The van der Waals surface area contributed by atoms with Crippen molar-refractivity contribution < 1.29 is 9.34 Å². The van der Waals surface area contributed by atoms with Crippen LogP contribution in [-0.4, -0.2) is 45.8 Å². The summed E-state index contributed by atoms with van der Waals surface area (Å²) in [5.41, 5.74) is 0.630.